The van der Waals surface area contributed by atoms with Gasteiger partial charge in [-0.1, -0.05) is 17.3 Å². The minimum Gasteiger partial charge on any atom is -0.476 e. The maximum absolute atomic E-state index is 10.9. The fraction of sp³-hybridized carbons (Fsp3) is 0.231. The maximum atomic E-state index is 10.9. The average molecular weight is 308 g/mol. The topological polar surface area (TPSA) is 63.3 Å². The number of carbonyl (C=O) groups is 1. The van der Waals surface area contributed by atoms with Gasteiger partial charge in [0.05, 0.1) is 0 Å². The van der Waals surface area contributed by atoms with E-state index in [2.05, 4.69) is 33.2 Å². The van der Waals surface area contributed by atoms with Crippen LogP contribution < -0.4 is 0 Å². The summed E-state index contributed by atoms with van der Waals surface area (Å²) in [6.45, 7) is 0. The van der Waals surface area contributed by atoms with E-state index in [9.17, 15) is 4.79 Å². The lowest BCUT2D eigenvalue weighted by Gasteiger charge is -2.02. The smallest absolute Gasteiger partial charge is 0.359 e. The number of hydrogen-bond donors (Lipinski definition) is 1. The number of aromatic nitrogens is 1. The Bertz CT molecular complexity index is 633. The molecule has 0 atom stereocenters. The standard InChI is InChI=1S/C13H10BrNO3/c14-10-11(13(16)17)15-18-12(10)9-5-4-7-2-1-3-8(7)6-9/h4-6H,1-3H2,(H,16,17). The Morgan fingerprint density at radius 3 is 2.83 bits per heavy atom. The Labute approximate surface area is 112 Å². The van der Waals surface area contributed by atoms with Gasteiger partial charge in [-0.2, -0.15) is 0 Å². The van der Waals surface area contributed by atoms with Crippen LogP contribution in [0.25, 0.3) is 11.3 Å². The molecule has 0 aliphatic heterocycles. The molecule has 1 aliphatic carbocycles. The minimum absolute atomic E-state index is 0.0921. The van der Waals surface area contributed by atoms with Gasteiger partial charge in [-0.05, 0) is 52.4 Å². The molecule has 5 heteroatoms. The molecule has 1 N–H and O–H groups in total. The molecule has 0 unspecified atom stereocenters. The van der Waals surface area contributed by atoms with Crippen molar-refractivity contribution in [3.63, 3.8) is 0 Å². The van der Waals surface area contributed by atoms with Crippen molar-refractivity contribution in [2.45, 2.75) is 19.3 Å². The summed E-state index contributed by atoms with van der Waals surface area (Å²) >= 11 is 3.23. The summed E-state index contributed by atoms with van der Waals surface area (Å²) < 4.78 is 5.52. The quantitative estimate of drug-likeness (QED) is 0.924. The third-order valence-electron chi connectivity index (χ3n) is 3.20. The molecular weight excluding hydrogens is 298 g/mol. The molecule has 0 radical (unpaired) electrons. The Kier molecular flexibility index (Phi) is 2.70. The van der Waals surface area contributed by atoms with E-state index >= 15 is 0 Å². The first-order valence-corrected chi connectivity index (χ1v) is 6.47. The Morgan fingerprint density at radius 2 is 2.11 bits per heavy atom. The van der Waals surface area contributed by atoms with E-state index in [1.807, 2.05) is 6.07 Å². The Hall–Kier alpha value is -1.62. The van der Waals surface area contributed by atoms with Crippen LogP contribution in [0, 0.1) is 0 Å². The van der Waals surface area contributed by atoms with Crippen molar-refractivity contribution < 1.29 is 14.4 Å². The SMILES string of the molecule is O=C(O)c1noc(-c2ccc3c(c2)CCC3)c1Br. The van der Waals surface area contributed by atoms with E-state index < -0.39 is 5.97 Å². The van der Waals surface area contributed by atoms with Crippen LogP contribution in [0.5, 0.6) is 0 Å². The summed E-state index contributed by atoms with van der Waals surface area (Å²) in [5.74, 6) is -0.625. The van der Waals surface area contributed by atoms with Crippen molar-refractivity contribution in [1.29, 1.82) is 0 Å². The number of fused-ring (bicyclic) bond motifs is 1. The van der Waals surface area contributed by atoms with Crippen LogP contribution in [-0.2, 0) is 12.8 Å². The van der Waals surface area contributed by atoms with Crippen LogP contribution in [0.1, 0.15) is 28.0 Å². The second-order valence-corrected chi connectivity index (χ2v) is 5.11. The first-order valence-electron chi connectivity index (χ1n) is 5.67. The number of nitrogens with zero attached hydrogens (tertiary/aromatic N) is 1. The van der Waals surface area contributed by atoms with E-state index in [0.717, 1.165) is 18.4 Å². The van der Waals surface area contributed by atoms with Crippen LogP contribution in [0.3, 0.4) is 0 Å². The molecule has 1 heterocycles. The van der Waals surface area contributed by atoms with Crippen LogP contribution in [0.4, 0.5) is 0 Å². The number of halogens is 1. The molecule has 3 rings (SSSR count). The third-order valence-corrected chi connectivity index (χ3v) is 3.93. The number of aromatic carboxylic acids is 1. The molecule has 92 valence electrons. The molecular formula is C13H10BrNO3. The van der Waals surface area contributed by atoms with E-state index in [0.29, 0.717) is 10.2 Å². The highest BCUT2D eigenvalue weighted by Crippen LogP contribution is 2.34. The van der Waals surface area contributed by atoms with Crippen molar-refractivity contribution in [2.75, 3.05) is 0 Å². The van der Waals surface area contributed by atoms with E-state index in [4.69, 9.17) is 9.63 Å². The highest BCUT2D eigenvalue weighted by Gasteiger charge is 2.21. The number of aryl methyl sites for hydroxylation is 2. The van der Waals surface area contributed by atoms with Crippen molar-refractivity contribution in [1.82, 2.24) is 5.16 Å². The van der Waals surface area contributed by atoms with Crippen molar-refractivity contribution in [3.05, 3.63) is 39.5 Å². The molecule has 0 spiro atoms. The molecule has 0 bridgehead atoms. The van der Waals surface area contributed by atoms with Gasteiger partial charge in [-0.15, -0.1) is 0 Å². The number of benzene rings is 1. The van der Waals surface area contributed by atoms with Crippen LogP contribution >= 0.6 is 15.9 Å². The average Bonchev–Trinajstić information content (AvgIpc) is 2.93. The monoisotopic (exact) mass is 307 g/mol. The normalized spacial score (nSPS) is 13.6. The fourth-order valence-corrected chi connectivity index (χ4v) is 2.85. The maximum Gasteiger partial charge on any atom is 0.359 e. The van der Waals surface area contributed by atoms with Crippen LogP contribution in [0.2, 0.25) is 0 Å². The van der Waals surface area contributed by atoms with E-state index in [-0.39, 0.29) is 5.69 Å². The highest BCUT2D eigenvalue weighted by molar-refractivity contribution is 9.10. The summed E-state index contributed by atoms with van der Waals surface area (Å²) in [6.07, 6.45) is 3.37. The zero-order valence-electron chi connectivity index (χ0n) is 9.44. The summed E-state index contributed by atoms with van der Waals surface area (Å²) in [7, 11) is 0. The van der Waals surface area contributed by atoms with Gasteiger partial charge in [0.1, 0.15) is 4.47 Å². The van der Waals surface area contributed by atoms with Crippen molar-refractivity contribution >= 4 is 21.9 Å². The first-order chi connectivity index (χ1) is 8.66. The number of rotatable bonds is 2. The fourth-order valence-electron chi connectivity index (χ4n) is 2.30. The predicted octanol–water partition coefficient (Wildman–Crippen LogP) is 3.29. The molecule has 0 fully saturated rings. The summed E-state index contributed by atoms with van der Waals surface area (Å²) in [5, 5.41) is 12.5. The van der Waals surface area contributed by atoms with Gasteiger partial charge in [-0.25, -0.2) is 4.79 Å². The third kappa shape index (κ3) is 1.75. The minimum atomic E-state index is -1.10. The number of carboxylic acid groups (broad SMARTS) is 1. The lowest BCUT2D eigenvalue weighted by Crippen LogP contribution is -1.96. The highest BCUT2D eigenvalue weighted by atomic mass is 79.9. The van der Waals surface area contributed by atoms with Gasteiger partial charge in [0, 0.05) is 5.56 Å². The van der Waals surface area contributed by atoms with Gasteiger partial charge < -0.3 is 9.63 Å². The largest absolute Gasteiger partial charge is 0.476 e. The van der Waals surface area contributed by atoms with E-state index in [1.54, 1.807) is 0 Å². The molecule has 0 saturated heterocycles. The Balaban J connectivity index is 2.07. The molecule has 1 aliphatic rings. The summed E-state index contributed by atoms with van der Waals surface area (Å²) in [4.78, 5) is 10.9. The molecule has 0 amide bonds. The molecule has 1 aromatic carbocycles. The first kappa shape index (κ1) is 11.5. The zero-order chi connectivity index (χ0) is 12.7. The Morgan fingerprint density at radius 1 is 1.33 bits per heavy atom. The van der Waals surface area contributed by atoms with Gasteiger partial charge in [0.15, 0.2) is 5.76 Å². The molecule has 18 heavy (non-hydrogen) atoms. The second kappa shape index (κ2) is 4.24. The number of hydrogen-bond acceptors (Lipinski definition) is 3. The molecule has 1 aromatic heterocycles. The van der Waals surface area contributed by atoms with Gasteiger partial charge >= 0.3 is 5.97 Å². The second-order valence-electron chi connectivity index (χ2n) is 4.32. The molecule has 2 aromatic rings. The van der Waals surface area contributed by atoms with Crippen LogP contribution in [-0.4, -0.2) is 16.2 Å². The van der Waals surface area contributed by atoms with Gasteiger partial charge in [0.2, 0.25) is 5.69 Å². The molecule has 4 nitrogen and oxygen atoms in total. The van der Waals surface area contributed by atoms with Crippen molar-refractivity contribution in [2.24, 2.45) is 0 Å². The summed E-state index contributed by atoms with van der Waals surface area (Å²) in [5.41, 5.74) is 3.45. The van der Waals surface area contributed by atoms with E-state index in [1.165, 1.54) is 17.5 Å². The van der Waals surface area contributed by atoms with Crippen molar-refractivity contribution in [3.8, 4) is 11.3 Å². The lowest BCUT2D eigenvalue weighted by atomic mass is 10.0. The predicted molar refractivity (Wildman–Crippen MR) is 68.6 cm³/mol. The van der Waals surface area contributed by atoms with Gasteiger partial charge in [-0.3, -0.25) is 0 Å². The zero-order valence-corrected chi connectivity index (χ0v) is 11.0. The molecule has 0 saturated carbocycles. The van der Waals surface area contributed by atoms with Gasteiger partial charge in [0.25, 0.3) is 0 Å². The lowest BCUT2D eigenvalue weighted by molar-refractivity contribution is 0.0685. The summed E-state index contributed by atoms with van der Waals surface area (Å²) in [6, 6.07) is 6.08. The number of carboxylic acids is 1. The van der Waals surface area contributed by atoms with Crippen LogP contribution in [0.15, 0.2) is 27.2 Å².